The number of aliphatic hydroxyl groups is 1. The van der Waals surface area contributed by atoms with Crippen molar-refractivity contribution in [2.75, 3.05) is 0 Å². The van der Waals surface area contributed by atoms with E-state index >= 15 is 0 Å². The molecular weight excluding hydrogens is 220 g/mol. The topological polar surface area (TPSA) is 20.2 Å². The van der Waals surface area contributed by atoms with Gasteiger partial charge in [0.15, 0.2) is 0 Å². The third kappa shape index (κ3) is 3.50. The molecule has 1 aromatic rings. The third-order valence-electron chi connectivity index (χ3n) is 3.44. The molecule has 1 aliphatic rings. The number of aliphatic hydroxyl groups excluding tert-OH is 1. The van der Waals surface area contributed by atoms with Crippen LogP contribution in [0.4, 0.5) is 0 Å². The number of hydrogen-bond donors (Lipinski definition) is 1. The summed E-state index contributed by atoms with van der Waals surface area (Å²) in [4.78, 5) is 0. The Morgan fingerprint density at radius 3 is 2.75 bits per heavy atom. The van der Waals surface area contributed by atoms with Crippen molar-refractivity contribution in [2.45, 2.75) is 44.6 Å². The summed E-state index contributed by atoms with van der Waals surface area (Å²) in [6.45, 7) is 0. The summed E-state index contributed by atoms with van der Waals surface area (Å²) in [5.74, 6) is 0.745. The van der Waals surface area contributed by atoms with Gasteiger partial charge in [-0.15, -0.1) is 0 Å². The van der Waals surface area contributed by atoms with Gasteiger partial charge >= 0.3 is 0 Å². The maximum atomic E-state index is 10.0. The molecule has 2 heteroatoms. The number of hydrogen-bond acceptors (Lipinski definition) is 1. The summed E-state index contributed by atoms with van der Waals surface area (Å²) in [7, 11) is 0. The van der Waals surface area contributed by atoms with Crippen molar-refractivity contribution in [1.29, 1.82) is 0 Å². The largest absolute Gasteiger partial charge is 0.393 e. The number of benzene rings is 1. The minimum atomic E-state index is -0.207. The standard InChI is InChI=1S/C14H19ClO/c15-13-7-3-6-12(8-13)10-14(16)9-11-4-1-2-5-11/h3,6-8,11,14,16H,1-2,4-5,9-10H2. The monoisotopic (exact) mass is 238 g/mol. The Hall–Kier alpha value is -0.530. The highest BCUT2D eigenvalue weighted by Crippen LogP contribution is 2.29. The van der Waals surface area contributed by atoms with Crippen LogP contribution in [0.5, 0.6) is 0 Å². The molecule has 1 unspecified atom stereocenters. The lowest BCUT2D eigenvalue weighted by Crippen LogP contribution is -2.14. The van der Waals surface area contributed by atoms with Crippen molar-refractivity contribution in [2.24, 2.45) is 5.92 Å². The maximum absolute atomic E-state index is 10.0. The molecule has 0 amide bonds. The Labute approximate surface area is 102 Å². The van der Waals surface area contributed by atoms with Crippen LogP contribution < -0.4 is 0 Å². The quantitative estimate of drug-likeness (QED) is 0.846. The molecule has 0 aromatic heterocycles. The molecular formula is C14H19ClO. The second-order valence-corrected chi connectivity index (χ2v) is 5.31. The van der Waals surface area contributed by atoms with Gasteiger partial charge in [-0.25, -0.2) is 0 Å². The predicted octanol–water partition coefficient (Wildman–Crippen LogP) is 3.82. The van der Waals surface area contributed by atoms with Crippen molar-refractivity contribution in [3.8, 4) is 0 Å². The lowest BCUT2D eigenvalue weighted by Gasteiger charge is -2.15. The molecule has 16 heavy (non-hydrogen) atoms. The molecule has 1 aliphatic carbocycles. The molecule has 0 aliphatic heterocycles. The van der Waals surface area contributed by atoms with Crippen LogP contribution in [0, 0.1) is 5.92 Å². The first-order valence-corrected chi connectivity index (χ1v) is 6.54. The molecule has 0 radical (unpaired) electrons. The Morgan fingerprint density at radius 2 is 2.06 bits per heavy atom. The van der Waals surface area contributed by atoms with Crippen molar-refractivity contribution < 1.29 is 5.11 Å². The summed E-state index contributed by atoms with van der Waals surface area (Å²) >= 11 is 5.92. The summed E-state index contributed by atoms with van der Waals surface area (Å²) in [5, 5.41) is 10.8. The second-order valence-electron chi connectivity index (χ2n) is 4.87. The molecule has 1 N–H and O–H groups in total. The van der Waals surface area contributed by atoms with Crippen molar-refractivity contribution in [3.05, 3.63) is 34.9 Å². The lowest BCUT2D eigenvalue weighted by atomic mass is 9.96. The van der Waals surface area contributed by atoms with Gasteiger partial charge in [0.05, 0.1) is 6.10 Å². The molecule has 0 heterocycles. The Morgan fingerprint density at radius 1 is 1.31 bits per heavy atom. The Kier molecular flexibility index (Phi) is 4.25. The first-order chi connectivity index (χ1) is 7.74. The fourth-order valence-electron chi connectivity index (χ4n) is 2.65. The molecule has 2 rings (SSSR count). The van der Waals surface area contributed by atoms with E-state index in [1.165, 1.54) is 25.7 Å². The average Bonchev–Trinajstić information content (AvgIpc) is 2.70. The van der Waals surface area contributed by atoms with Crippen LogP contribution in [0.25, 0.3) is 0 Å². The number of halogens is 1. The van der Waals surface area contributed by atoms with Crippen LogP contribution in [0.2, 0.25) is 5.02 Å². The van der Waals surface area contributed by atoms with Gasteiger partial charge in [0, 0.05) is 5.02 Å². The van der Waals surface area contributed by atoms with Gasteiger partial charge in [-0.3, -0.25) is 0 Å². The first kappa shape index (κ1) is 11.9. The van der Waals surface area contributed by atoms with Gasteiger partial charge in [0.1, 0.15) is 0 Å². The van der Waals surface area contributed by atoms with Crippen molar-refractivity contribution in [3.63, 3.8) is 0 Å². The highest BCUT2D eigenvalue weighted by Gasteiger charge is 2.18. The maximum Gasteiger partial charge on any atom is 0.0583 e. The zero-order chi connectivity index (χ0) is 11.4. The van der Waals surface area contributed by atoms with Crippen LogP contribution in [-0.4, -0.2) is 11.2 Å². The molecule has 0 saturated heterocycles. The molecule has 1 nitrogen and oxygen atoms in total. The van der Waals surface area contributed by atoms with Crippen LogP contribution in [-0.2, 0) is 6.42 Å². The lowest BCUT2D eigenvalue weighted by molar-refractivity contribution is 0.143. The minimum absolute atomic E-state index is 0.207. The highest BCUT2D eigenvalue weighted by atomic mass is 35.5. The molecule has 1 saturated carbocycles. The van der Waals surface area contributed by atoms with Crippen LogP contribution in [0.15, 0.2) is 24.3 Å². The van der Waals surface area contributed by atoms with E-state index < -0.39 is 0 Å². The Bertz CT molecular complexity index is 331. The fraction of sp³-hybridized carbons (Fsp3) is 0.571. The molecule has 0 bridgehead atoms. The first-order valence-electron chi connectivity index (χ1n) is 6.16. The zero-order valence-corrected chi connectivity index (χ0v) is 10.3. The van der Waals surface area contributed by atoms with Gasteiger partial charge < -0.3 is 5.11 Å². The van der Waals surface area contributed by atoms with Gasteiger partial charge in [-0.2, -0.15) is 0 Å². The zero-order valence-electron chi connectivity index (χ0n) is 9.53. The summed E-state index contributed by atoms with van der Waals surface area (Å²) in [6, 6.07) is 7.79. The van der Waals surface area contributed by atoms with E-state index in [4.69, 9.17) is 11.6 Å². The number of rotatable bonds is 4. The van der Waals surface area contributed by atoms with Gasteiger partial charge in [0.2, 0.25) is 0 Å². The molecule has 0 spiro atoms. The third-order valence-corrected chi connectivity index (χ3v) is 3.68. The van der Waals surface area contributed by atoms with Crippen LogP contribution in [0.3, 0.4) is 0 Å². The minimum Gasteiger partial charge on any atom is -0.393 e. The SMILES string of the molecule is OC(Cc1cccc(Cl)c1)CC1CCCC1. The van der Waals surface area contributed by atoms with E-state index in [0.717, 1.165) is 29.3 Å². The molecule has 1 fully saturated rings. The second kappa shape index (κ2) is 5.70. The highest BCUT2D eigenvalue weighted by molar-refractivity contribution is 6.30. The molecule has 1 atom stereocenters. The van der Waals surface area contributed by atoms with E-state index in [0.29, 0.717) is 0 Å². The van der Waals surface area contributed by atoms with Crippen LogP contribution >= 0.6 is 11.6 Å². The molecule has 88 valence electrons. The van der Waals surface area contributed by atoms with E-state index in [9.17, 15) is 5.11 Å². The van der Waals surface area contributed by atoms with Crippen molar-refractivity contribution >= 4 is 11.6 Å². The summed E-state index contributed by atoms with van der Waals surface area (Å²) < 4.78 is 0. The van der Waals surface area contributed by atoms with E-state index in [1.54, 1.807) is 0 Å². The normalized spacial score (nSPS) is 18.9. The fourth-order valence-corrected chi connectivity index (χ4v) is 2.86. The van der Waals surface area contributed by atoms with E-state index in [2.05, 4.69) is 0 Å². The molecule has 1 aromatic carbocycles. The summed E-state index contributed by atoms with van der Waals surface area (Å²) in [6.07, 6.45) is 6.76. The van der Waals surface area contributed by atoms with Gasteiger partial charge in [-0.1, -0.05) is 49.4 Å². The van der Waals surface area contributed by atoms with Crippen LogP contribution in [0.1, 0.15) is 37.7 Å². The average molecular weight is 239 g/mol. The van der Waals surface area contributed by atoms with Gasteiger partial charge in [0.25, 0.3) is 0 Å². The van der Waals surface area contributed by atoms with E-state index in [1.807, 2.05) is 24.3 Å². The predicted molar refractivity (Wildman–Crippen MR) is 67.7 cm³/mol. The smallest absolute Gasteiger partial charge is 0.0583 e. The van der Waals surface area contributed by atoms with E-state index in [-0.39, 0.29) is 6.10 Å². The summed E-state index contributed by atoms with van der Waals surface area (Å²) in [5.41, 5.74) is 1.14. The van der Waals surface area contributed by atoms with Crippen molar-refractivity contribution in [1.82, 2.24) is 0 Å². The van der Waals surface area contributed by atoms with Gasteiger partial charge in [-0.05, 0) is 36.5 Å². The Balaban J connectivity index is 1.84.